The molecular formula is C18H27NO. The maximum absolute atomic E-state index is 10.2. The van der Waals surface area contributed by atoms with Crippen molar-refractivity contribution < 1.29 is 5.11 Å². The normalized spacial score (nSPS) is 31.6. The summed E-state index contributed by atoms with van der Waals surface area (Å²) in [5.74, 6) is 1.95. The van der Waals surface area contributed by atoms with Crippen LogP contribution in [-0.4, -0.2) is 17.7 Å². The van der Waals surface area contributed by atoms with Crippen LogP contribution in [0.3, 0.4) is 0 Å². The molecular weight excluding hydrogens is 246 g/mol. The predicted octanol–water partition coefficient (Wildman–Crippen LogP) is 3.67. The largest absolute Gasteiger partial charge is 0.387 e. The van der Waals surface area contributed by atoms with Crippen LogP contribution in [0.5, 0.6) is 0 Å². The van der Waals surface area contributed by atoms with Gasteiger partial charge in [0.15, 0.2) is 0 Å². The Morgan fingerprint density at radius 1 is 1.00 bits per heavy atom. The zero-order valence-electron chi connectivity index (χ0n) is 12.3. The van der Waals surface area contributed by atoms with Crippen LogP contribution in [0, 0.1) is 11.8 Å². The first kappa shape index (κ1) is 14.1. The Kier molecular flexibility index (Phi) is 4.74. The summed E-state index contributed by atoms with van der Waals surface area (Å²) in [4.78, 5) is 0. The van der Waals surface area contributed by atoms with Gasteiger partial charge in [-0.05, 0) is 36.7 Å². The number of rotatable bonds is 4. The van der Waals surface area contributed by atoms with Crippen LogP contribution in [0.2, 0.25) is 0 Å². The van der Waals surface area contributed by atoms with Crippen LogP contribution < -0.4 is 5.32 Å². The van der Waals surface area contributed by atoms with Gasteiger partial charge in [0.2, 0.25) is 0 Å². The molecule has 0 heterocycles. The zero-order valence-corrected chi connectivity index (χ0v) is 12.3. The lowest BCUT2D eigenvalue weighted by Crippen LogP contribution is -2.40. The minimum Gasteiger partial charge on any atom is -0.387 e. The molecule has 3 rings (SSSR count). The van der Waals surface area contributed by atoms with Gasteiger partial charge in [-0.2, -0.15) is 0 Å². The van der Waals surface area contributed by atoms with Crippen molar-refractivity contribution in [3.8, 4) is 0 Å². The van der Waals surface area contributed by atoms with E-state index in [2.05, 4.69) is 5.32 Å². The van der Waals surface area contributed by atoms with E-state index in [9.17, 15) is 5.11 Å². The lowest BCUT2D eigenvalue weighted by Gasteiger charge is -2.39. The Balaban J connectivity index is 1.47. The highest BCUT2D eigenvalue weighted by Gasteiger charge is 2.31. The number of fused-ring (bicyclic) bond motifs is 1. The number of benzene rings is 1. The van der Waals surface area contributed by atoms with E-state index in [4.69, 9.17) is 0 Å². The average molecular weight is 273 g/mol. The minimum atomic E-state index is -0.375. The summed E-state index contributed by atoms with van der Waals surface area (Å²) in [5.41, 5.74) is 1.02. The third-order valence-electron chi connectivity index (χ3n) is 5.32. The summed E-state index contributed by atoms with van der Waals surface area (Å²) in [6, 6.07) is 10.6. The quantitative estimate of drug-likeness (QED) is 0.877. The van der Waals surface area contributed by atoms with E-state index < -0.39 is 0 Å². The molecule has 2 saturated carbocycles. The van der Waals surface area contributed by atoms with Crippen molar-refractivity contribution in [1.29, 1.82) is 0 Å². The van der Waals surface area contributed by atoms with Crippen molar-refractivity contribution in [2.45, 2.75) is 57.1 Å². The van der Waals surface area contributed by atoms with Crippen molar-refractivity contribution in [1.82, 2.24) is 5.32 Å². The highest BCUT2D eigenvalue weighted by molar-refractivity contribution is 5.17. The Hall–Kier alpha value is -0.860. The summed E-state index contributed by atoms with van der Waals surface area (Å²) in [6.07, 6.45) is 9.42. The highest BCUT2D eigenvalue weighted by atomic mass is 16.3. The van der Waals surface area contributed by atoms with Gasteiger partial charge in [0.1, 0.15) is 0 Å². The lowest BCUT2D eigenvalue weighted by atomic mass is 9.69. The average Bonchev–Trinajstić information content (AvgIpc) is 2.53. The summed E-state index contributed by atoms with van der Waals surface area (Å²) >= 11 is 0. The van der Waals surface area contributed by atoms with E-state index in [0.29, 0.717) is 12.6 Å². The molecule has 2 nitrogen and oxygen atoms in total. The molecule has 2 aliphatic carbocycles. The van der Waals surface area contributed by atoms with Crippen LogP contribution in [0.15, 0.2) is 30.3 Å². The molecule has 0 bridgehead atoms. The number of hydrogen-bond acceptors (Lipinski definition) is 2. The summed E-state index contributed by atoms with van der Waals surface area (Å²) in [5, 5.41) is 13.8. The van der Waals surface area contributed by atoms with Gasteiger partial charge in [0, 0.05) is 12.6 Å². The standard InChI is InChI=1S/C18H27NO/c20-18(15-7-2-1-3-8-15)13-19-17-11-10-14-6-4-5-9-16(14)12-17/h1-3,7-8,14,16-20H,4-6,9-13H2. The van der Waals surface area contributed by atoms with Gasteiger partial charge in [0.05, 0.1) is 6.10 Å². The van der Waals surface area contributed by atoms with E-state index in [1.807, 2.05) is 30.3 Å². The first-order valence-electron chi connectivity index (χ1n) is 8.29. The summed E-state index contributed by atoms with van der Waals surface area (Å²) < 4.78 is 0. The van der Waals surface area contributed by atoms with Gasteiger partial charge in [-0.25, -0.2) is 0 Å². The van der Waals surface area contributed by atoms with Crippen molar-refractivity contribution in [2.75, 3.05) is 6.54 Å². The van der Waals surface area contributed by atoms with Gasteiger partial charge < -0.3 is 10.4 Å². The lowest BCUT2D eigenvalue weighted by molar-refractivity contribution is 0.125. The molecule has 20 heavy (non-hydrogen) atoms. The van der Waals surface area contributed by atoms with Crippen LogP contribution in [0.4, 0.5) is 0 Å². The highest BCUT2D eigenvalue weighted by Crippen LogP contribution is 2.40. The number of aliphatic hydroxyl groups is 1. The molecule has 110 valence electrons. The Bertz CT molecular complexity index is 405. The molecule has 1 aromatic carbocycles. The fourth-order valence-electron chi connectivity index (χ4n) is 4.13. The fourth-order valence-corrected chi connectivity index (χ4v) is 4.13. The van der Waals surface area contributed by atoms with Gasteiger partial charge in [-0.15, -0.1) is 0 Å². The first-order valence-corrected chi connectivity index (χ1v) is 8.29. The van der Waals surface area contributed by atoms with Crippen LogP contribution in [0.25, 0.3) is 0 Å². The van der Waals surface area contributed by atoms with Crippen LogP contribution >= 0.6 is 0 Å². The van der Waals surface area contributed by atoms with Crippen molar-refractivity contribution in [3.63, 3.8) is 0 Å². The number of hydrogen-bond donors (Lipinski definition) is 2. The van der Waals surface area contributed by atoms with Gasteiger partial charge in [-0.3, -0.25) is 0 Å². The molecule has 2 fully saturated rings. The molecule has 0 spiro atoms. The third kappa shape index (κ3) is 3.42. The van der Waals surface area contributed by atoms with E-state index in [1.54, 1.807) is 0 Å². The van der Waals surface area contributed by atoms with E-state index in [-0.39, 0.29) is 6.10 Å². The molecule has 0 aliphatic heterocycles. The predicted molar refractivity (Wildman–Crippen MR) is 82.5 cm³/mol. The maximum atomic E-state index is 10.2. The fraction of sp³-hybridized carbons (Fsp3) is 0.667. The SMILES string of the molecule is OC(CNC1CCC2CCCCC2C1)c1ccccc1. The van der Waals surface area contributed by atoms with Crippen LogP contribution in [0.1, 0.15) is 56.6 Å². The molecule has 2 heteroatoms. The zero-order chi connectivity index (χ0) is 13.8. The molecule has 2 aliphatic rings. The van der Waals surface area contributed by atoms with E-state index in [1.165, 1.54) is 44.9 Å². The van der Waals surface area contributed by atoms with Crippen LogP contribution in [-0.2, 0) is 0 Å². The molecule has 4 unspecified atom stereocenters. The van der Waals surface area contributed by atoms with E-state index >= 15 is 0 Å². The Labute approximate surface area is 122 Å². The molecule has 0 aromatic heterocycles. The first-order chi connectivity index (χ1) is 9.83. The topological polar surface area (TPSA) is 32.3 Å². The Morgan fingerprint density at radius 3 is 2.55 bits per heavy atom. The van der Waals surface area contributed by atoms with E-state index in [0.717, 1.165) is 17.4 Å². The molecule has 1 aromatic rings. The second-order valence-electron chi connectivity index (χ2n) is 6.65. The van der Waals surface area contributed by atoms with Crippen molar-refractivity contribution >= 4 is 0 Å². The second kappa shape index (κ2) is 6.73. The molecule has 0 amide bonds. The molecule has 0 saturated heterocycles. The van der Waals surface area contributed by atoms with Crippen molar-refractivity contribution in [2.24, 2.45) is 11.8 Å². The summed E-state index contributed by atoms with van der Waals surface area (Å²) in [7, 11) is 0. The van der Waals surface area contributed by atoms with Crippen molar-refractivity contribution in [3.05, 3.63) is 35.9 Å². The smallest absolute Gasteiger partial charge is 0.0914 e. The number of nitrogens with one attached hydrogen (secondary N) is 1. The number of aliphatic hydroxyl groups excluding tert-OH is 1. The minimum absolute atomic E-state index is 0.375. The Morgan fingerprint density at radius 2 is 1.75 bits per heavy atom. The maximum Gasteiger partial charge on any atom is 0.0914 e. The third-order valence-corrected chi connectivity index (χ3v) is 5.32. The second-order valence-corrected chi connectivity index (χ2v) is 6.65. The summed E-state index contributed by atoms with van der Waals surface area (Å²) in [6.45, 7) is 0.687. The van der Waals surface area contributed by atoms with Gasteiger partial charge in [-0.1, -0.05) is 56.0 Å². The molecule has 0 radical (unpaired) electrons. The molecule has 4 atom stereocenters. The van der Waals surface area contributed by atoms with Gasteiger partial charge in [0.25, 0.3) is 0 Å². The monoisotopic (exact) mass is 273 g/mol. The van der Waals surface area contributed by atoms with Gasteiger partial charge >= 0.3 is 0 Å². The molecule has 2 N–H and O–H groups in total.